The highest BCUT2D eigenvalue weighted by atomic mass is 16.3. The van der Waals surface area contributed by atoms with Crippen LogP contribution in [0.2, 0.25) is 0 Å². The number of aromatic hydroxyl groups is 2. The molecule has 0 radical (unpaired) electrons. The standard InChI is InChI=1S/C28H30N2O2/c31-27-13-7-12-25-26(27)20-30(28(25)32)23-14-17-29(18-15-23)19-16-24(21-8-3-1-4-9-21)22-10-5-2-6-11-22/h1-13,20,23-24,31-32H,14-19H2. The SMILES string of the molecule is Oc1cccc2c(O)n(C3CCN(CCC(c4ccccc4)c4ccccc4)CC3)cc12. The number of phenols is 1. The maximum atomic E-state index is 10.7. The highest BCUT2D eigenvalue weighted by molar-refractivity contribution is 5.92. The van der Waals surface area contributed by atoms with E-state index < -0.39 is 0 Å². The van der Waals surface area contributed by atoms with Gasteiger partial charge in [-0.05, 0) is 49.1 Å². The molecular weight excluding hydrogens is 396 g/mol. The smallest absolute Gasteiger partial charge is 0.199 e. The van der Waals surface area contributed by atoms with Crippen molar-refractivity contribution in [2.45, 2.75) is 31.2 Å². The molecule has 164 valence electrons. The first kappa shape index (κ1) is 20.7. The van der Waals surface area contributed by atoms with Gasteiger partial charge in [0.05, 0.1) is 0 Å². The van der Waals surface area contributed by atoms with Crippen LogP contribution in [0.15, 0.2) is 85.1 Å². The molecule has 0 unspecified atom stereocenters. The van der Waals surface area contributed by atoms with Gasteiger partial charge in [0.1, 0.15) is 5.75 Å². The topological polar surface area (TPSA) is 48.6 Å². The second kappa shape index (κ2) is 9.09. The van der Waals surface area contributed by atoms with Crippen LogP contribution in [-0.2, 0) is 0 Å². The van der Waals surface area contributed by atoms with Crippen LogP contribution in [0, 0.1) is 0 Å². The first-order valence-corrected chi connectivity index (χ1v) is 11.5. The van der Waals surface area contributed by atoms with Gasteiger partial charge in [0.15, 0.2) is 5.88 Å². The summed E-state index contributed by atoms with van der Waals surface area (Å²) >= 11 is 0. The summed E-state index contributed by atoms with van der Waals surface area (Å²) in [6, 6.07) is 27.2. The van der Waals surface area contributed by atoms with Gasteiger partial charge in [0.2, 0.25) is 0 Å². The van der Waals surface area contributed by atoms with E-state index >= 15 is 0 Å². The molecule has 2 N–H and O–H groups in total. The monoisotopic (exact) mass is 426 g/mol. The number of nitrogens with zero attached hydrogens (tertiary/aromatic N) is 2. The molecule has 4 heteroatoms. The minimum Gasteiger partial charge on any atom is -0.507 e. The Labute approximate surface area is 189 Å². The van der Waals surface area contributed by atoms with Crippen molar-refractivity contribution in [3.63, 3.8) is 0 Å². The van der Waals surface area contributed by atoms with E-state index in [0.29, 0.717) is 5.92 Å². The van der Waals surface area contributed by atoms with Crippen LogP contribution in [0.3, 0.4) is 0 Å². The molecule has 1 aromatic heterocycles. The molecule has 4 aromatic rings. The van der Waals surface area contributed by atoms with E-state index in [1.165, 1.54) is 11.1 Å². The fraction of sp³-hybridized carbons (Fsp3) is 0.286. The lowest BCUT2D eigenvalue weighted by Gasteiger charge is -2.34. The lowest BCUT2D eigenvalue weighted by Crippen LogP contribution is -2.35. The van der Waals surface area contributed by atoms with Crippen LogP contribution in [0.5, 0.6) is 11.6 Å². The first-order valence-electron chi connectivity index (χ1n) is 11.5. The van der Waals surface area contributed by atoms with E-state index in [9.17, 15) is 10.2 Å². The van der Waals surface area contributed by atoms with E-state index in [1.807, 2.05) is 16.8 Å². The predicted octanol–water partition coefficient (Wildman–Crippen LogP) is 5.91. The summed E-state index contributed by atoms with van der Waals surface area (Å²) in [5, 5.41) is 22.3. The molecule has 5 rings (SSSR count). The maximum Gasteiger partial charge on any atom is 0.199 e. The largest absolute Gasteiger partial charge is 0.507 e. The number of benzene rings is 3. The van der Waals surface area contributed by atoms with Gasteiger partial charge in [-0.1, -0.05) is 66.7 Å². The third-order valence-corrected chi connectivity index (χ3v) is 6.93. The predicted molar refractivity (Wildman–Crippen MR) is 129 cm³/mol. The number of hydrogen-bond acceptors (Lipinski definition) is 3. The highest BCUT2D eigenvalue weighted by Gasteiger charge is 2.24. The Kier molecular flexibility index (Phi) is 5.87. The van der Waals surface area contributed by atoms with Gasteiger partial charge in [-0.25, -0.2) is 0 Å². The van der Waals surface area contributed by atoms with Crippen LogP contribution in [-0.4, -0.2) is 39.3 Å². The molecule has 0 spiro atoms. The van der Waals surface area contributed by atoms with Crippen LogP contribution in [0.1, 0.15) is 42.3 Å². The molecule has 0 amide bonds. The van der Waals surface area contributed by atoms with Crippen LogP contribution >= 0.6 is 0 Å². The minimum absolute atomic E-state index is 0.224. The van der Waals surface area contributed by atoms with Crippen molar-refractivity contribution >= 4 is 10.8 Å². The molecule has 0 atom stereocenters. The van der Waals surface area contributed by atoms with Crippen molar-refractivity contribution in [1.29, 1.82) is 0 Å². The van der Waals surface area contributed by atoms with E-state index in [4.69, 9.17) is 0 Å². The maximum absolute atomic E-state index is 10.7. The number of fused-ring (bicyclic) bond motifs is 1. The van der Waals surface area contributed by atoms with Crippen LogP contribution < -0.4 is 0 Å². The van der Waals surface area contributed by atoms with Gasteiger partial charge in [-0.3, -0.25) is 0 Å². The van der Waals surface area contributed by atoms with Crippen LogP contribution in [0.4, 0.5) is 0 Å². The van der Waals surface area contributed by atoms with Gasteiger partial charge >= 0.3 is 0 Å². The van der Waals surface area contributed by atoms with Gasteiger partial charge in [-0.15, -0.1) is 0 Å². The quantitative estimate of drug-likeness (QED) is 0.403. The molecule has 1 fully saturated rings. The number of hydrogen-bond donors (Lipinski definition) is 2. The zero-order valence-electron chi connectivity index (χ0n) is 18.3. The summed E-state index contributed by atoms with van der Waals surface area (Å²) < 4.78 is 1.96. The molecule has 3 aromatic carbocycles. The fourth-order valence-electron chi connectivity index (χ4n) is 5.13. The van der Waals surface area contributed by atoms with Crippen LogP contribution in [0.25, 0.3) is 10.8 Å². The Morgan fingerprint density at radius 3 is 1.97 bits per heavy atom. The molecule has 0 bridgehead atoms. The first-order chi connectivity index (χ1) is 15.7. The number of aromatic nitrogens is 1. The summed E-state index contributed by atoms with van der Waals surface area (Å²) in [4.78, 5) is 2.55. The van der Waals surface area contributed by atoms with Crippen molar-refractivity contribution in [3.8, 4) is 11.6 Å². The van der Waals surface area contributed by atoms with Crippen molar-refractivity contribution in [2.75, 3.05) is 19.6 Å². The van der Waals surface area contributed by atoms with E-state index in [1.54, 1.807) is 12.1 Å². The minimum atomic E-state index is 0.224. The third-order valence-electron chi connectivity index (χ3n) is 6.93. The van der Waals surface area contributed by atoms with Crippen molar-refractivity contribution in [3.05, 3.63) is 96.2 Å². The van der Waals surface area contributed by atoms with E-state index in [-0.39, 0.29) is 17.7 Å². The number of likely N-dealkylation sites (tertiary alicyclic amines) is 1. The molecule has 0 saturated carbocycles. The molecule has 2 heterocycles. The Balaban J connectivity index is 1.25. The van der Waals surface area contributed by atoms with Crippen molar-refractivity contribution < 1.29 is 10.2 Å². The van der Waals surface area contributed by atoms with Gasteiger partial charge in [-0.2, -0.15) is 0 Å². The normalized spacial score (nSPS) is 15.5. The summed E-state index contributed by atoms with van der Waals surface area (Å²) in [5.74, 6) is 0.890. The second-order valence-electron chi connectivity index (χ2n) is 8.83. The van der Waals surface area contributed by atoms with E-state index in [0.717, 1.165) is 49.7 Å². The zero-order chi connectivity index (χ0) is 21.9. The number of phenolic OH excluding ortho intramolecular Hbond substituents is 1. The summed E-state index contributed by atoms with van der Waals surface area (Å²) in [6.45, 7) is 3.09. The second-order valence-corrected chi connectivity index (χ2v) is 8.83. The highest BCUT2D eigenvalue weighted by Crippen LogP contribution is 2.37. The van der Waals surface area contributed by atoms with E-state index in [2.05, 4.69) is 65.6 Å². The lowest BCUT2D eigenvalue weighted by molar-refractivity contribution is 0.178. The molecule has 1 aliphatic heterocycles. The summed E-state index contributed by atoms with van der Waals surface area (Å²) in [7, 11) is 0. The number of piperidine rings is 1. The Hall–Kier alpha value is -3.24. The molecule has 32 heavy (non-hydrogen) atoms. The van der Waals surface area contributed by atoms with Gasteiger partial charge in [0.25, 0.3) is 0 Å². The zero-order valence-corrected chi connectivity index (χ0v) is 18.3. The van der Waals surface area contributed by atoms with Crippen molar-refractivity contribution in [1.82, 2.24) is 9.47 Å². The Bertz CT molecular complexity index is 1120. The van der Waals surface area contributed by atoms with Gasteiger partial charge < -0.3 is 19.7 Å². The molecule has 4 nitrogen and oxygen atoms in total. The summed E-state index contributed by atoms with van der Waals surface area (Å²) in [5.41, 5.74) is 2.75. The van der Waals surface area contributed by atoms with Crippen molar-refractivity contribution in [2.24, 2.45) is 0 Å². The molecular formula is C28H30N2O2. The number of rotatable bonds is 6. The average molecular weight is 427 g/mol. The Morgan fingerprint density at radius 1 is 0.750 bits per heavy atom. The molecule has 1 saturated heterocycles. The average Bonchev–Trinajstić information content (AvgIpc) is 3.19. The fourth-order valence-corrected chi connectivity index (χ4v) is 5.13. The Morgan fingerprint density at radius 2 is 1.38 bits per heavy atom. The summed E-state index contributed by atoms with van der Waals surface area (Å²) in [6.07, 6.45) is 4.99. The van der Waals surface area contributed by atoms with Gasteiger partial charge in [0, 0.05) is 42.0 Å². The third kappa shape index (κ3) is 4.11. The molecule has 1 aliphatic rings. The lowest BCUT2D eigenvalue weighted by atomic mass is 9.88. The molecule has 0 aliphatic carbocycles.